The molecule has 0 bridgehead atoms. The van der Waals surface area contributed by atoms with Gasteiger partial charge in [0, 0.05) is 30.1 Å². The van der Waals surface area contributed by atoms with E-state index in [-0.39, 0.29) is 11.9 Å². The second kappa shape index (κ2) is 7.47. The minimum Gasteiger partial charge on any atom is -0.418 e. The lowest BCUT2D eigenvalue weighted by Crippen LogP contribution is -2.35. The first-order valence-corrected chi connectivity index (χ1v) is 8.93. The number of likely N-dealkylation sites (tertiary alicyclic amines) is 1. The molecule has 1 atom stereocenters. The highest BCUT2D eigenvalue weighted by Crippen LogP contribution is 2.32. The van der Waals surface area contributed by atoms with Crippen LogP contribution in [0.2, 0.25) is 0 Å². The summed E-state index contributed by atoms with van der Waals surface area (Å²) in [5, 5.41) is 8.46. The number of hydrogen-bond acceptors (Lipinski definition) is 5. The molecule has 0 radical (unpaired) electrons. The van der Waals surface area contributed by atoms with Gasteiger partial charge in [0.25, 0.3) is 5.91 Å². The topological polar surface area (TPSA) is 72.1 Å². The van der Waals surface area contributed by atoms with E-state index >= 15 is 0 Å². The summed E-state index contributed by atoms with van der Waals surface area (Å²) in [5.41, 5.74) is 1.52. The molecule has 4 rings (SSSR count). The van der Waals surface area contributed by atoms with Crippen molar-refractivity contribution in [3.05, 3.63) is 66.3 Å². The molecule has 6 heteroatoms. The van der Waals surface area contributed by atoms with E-state index < -0.39 is 0 Å². The van der Waals surface area contributed by atoms with Crippen molar-refractivity contribution < 1.29 is 9.21 Å². The summed E-state index contributed by atoms with van der Waals surface area (Å²) in [5.74, 6) is 0.980. The van der Waals surface area contributed by atoms with Crippen LogP contribution in [0.1, 0.15) is 48.0 Å². The van der Waals surface area contributed by atoms with E-state index in [1.54, 1.807) is 24.5 Å². The van der Waals surface area contributed by atoms with E-state index in [2.05, 4.69) is 15.2 Å². The molecule has 6 nitrogen and oxygen atoms in total. The van der Waals surface area contributed by atoms with E-state index in [1.807, 2.05) is 35.2 Å². The predicted octanol–water partition coefficient (Wildman–Crippen LogP) is 3.89. The maximum absolute atomic E-state index is 13.0. The molecule has 1 aromatic carbocycles. The van der Waals surface area contributed by atoms with Crippen LogP contribution in [0.15, 0.2) is 59.3 Å². The van der Waals surface area contributed by atoms with Crippen molar-refractivity contribution >= 4 is 5.91 Å². The lowest BCUT2D eigenvalue weighted by molar-refractivity contribution is 0.0652. The molecule has 1 aliphatic rings. The minimum atomic E-state index is -0.192. The van der Waals surface area contributed by atoms with Gasteiger partial charge < -0.3 is 9.32 Å². The van der Waals surface area contributed by atoms with Crippen LogP contribution < -0.4 is 0 Å². The van der Waals surface area contributed by atoms with Gasteiger partial charge >= 0.3 is 0 Å². The Hall–Kier alpha value is -3.02. The van der Waals surface area contributed by atoms with Crippen LogP contribution in [-0.4, -0.2) is 32.5 Å². The van der Waals surface area contributed by atoms with Gasteiger partial charge in [-0.15, -0.1) is 10.2 Å². The molecule has 1 amide bonds. The van der Waals surface area contributed by atoms with Crippen molar-refractivity contribution in [3.63, 3.8) is 0 Å². The van der Waals surface area contributed by atoms with Gasteiger partial charge in [0.1, 0.15) is 6.04 Å². The van der Waals surface area contributed by atoms with E-state index in [1.165, 1.54) is 0 Å². The van der Waals surface area contributed by atoms with E-state index in [0.717, 1.165) is 31.2 Å². The van der Waals surface area contributed by atoms with Crippen molar-refractivity contribution in [1.29, 1.82) is 0 Å². The molecule has 2 aromatic heterocycles. The molecule has 0 saturated carbocycles. The molecule has 1 fully saturated rings. The molecular formula is C20H20N4O2. The zero-order chi connectivity index (χ0) is 17.8. The van der Waals surface area contributed by atoms with Crippen LogP contribution in [0.5, 0.6) is 0 Å². The van der Waals surface area contributed by atoms with Crippen LogP contribution in [0, 0.1) is 0 Å². The van der Waals surface area contributed by atoms with Crippen LogP contribution in [0.3, 0.4) is 0 Å². The fourth-order valence-corrected chi connectivity index (χ4v) is 3.34. The quantitative estimate of drug-likeness (QED) is 0.718. The summed E-state index contributed by atoms with van der Waals surface area (Å²) in [6.07, 6.45) is 7.21. The second-order valence-corrected chi connectivity index (χ2v) is 6.41. The predicted molar refractivity (Wildman–Crippen MR) is 96.2 cm³/mol. The molecule has 3 aromatic rings. The van der Waals surface area contributed by atoms with Gasteiger partial charge in [-0.3, -0.25) is 9.78 Å². The van der Waals surface area contributed by atoms with Gasteiger partial charge in [0.05, 0.1) is 0 Å². The highest BCUT2D eigenvalue weighted by atomic mass is 16.4. The lowest BCUT2D eigenvalue weighted by Gasteiger charge is -2.27. The zero-order valence-electron chi connectivity index (χ0n) is 14.4. The van der Waals surface area contributed by atoms with E-state index in [9.17, 15) is 4.79 Å². The van der Waals surface area contributed by atoms with Crippen molar-refractivity contribution in [3.8, 4) is 11.5 Å². The van der Waals surface area contributed by atoms with Gasteiger partial charge in [-0.25, -0.2) is 0 Å². The molecule has 0 spiro atoms. The Labute approximate surface area is 151 Å². The van der Waals surface area contributed by atoms with Crippen LogP contribution >= 0.6 is 0 Å². The number of carbonyl (C=O) groups excluding carboxylic acids is 1. The fraction of sp³-hybridized carbons (Fsp3) is 0.300. The second-order valence-electron chi connectivity index (χ2n) is 6.41. The molecule has 1 aliphatic heterocycles. The summed E-state index contributed by atoms with van der Waals surface area (Å²) >= 11 is 0. The third-order valence-corrected chi connectivity index (χ3v) is 4.69. The molecule has 26 heavy (non-hydrogen) atoms. The van der Waals surface area contributed by atoms with E-state index in [4.69, 9.17) is 4.42 Å². The number of amides is 1. The van der Waals surface area contributed by atoms with Gasteiger partial charge in [-0.1, -0.05) is 31.0 Å². The summed E-state index contributed by atoms with van der Waals surface area (Å²) in [7, 11) is 0. The van der Waals surface area contributed by atoms with Crippen molar-refractivity contribution in [2.24, 2.45) is 0 Å². The number of nitrogens with zero attached hydrogens (tertiary/aromatic N) is 4. The Morgan fingerprint density at radius 1 is 1.00 bits per heavy atom. The summed E-state index contributed by atoms with van der Waals surface area (Å²) in [6.45, 7) is 0.689. The van der Waals surface area contributed by atoms with Crippen molar-refractivity contribution in [2.45, 2.75) is 31.7 Å². The Balaban J connectivity index is 1.64. The highest BCUT2D eigenvalue weighted by Gasteiger charge is 2.31. The van der Waals surface area contributed by atoms with E-state index in [0.29, 0.717) is 23.9 Å². The molecule has 1 unspecified atom stereocenters. The number of aromatic nitrogens is 3. The first-order chi connectivity index (χ1) is 12.8. The zero-order valence-corrected chi connectivity index (χ0v) is 14.4. The molecule has 0 aliphatic carbocycles. The third-order valence-electron chi connectivity index (χ3n) is 4.69. The lowest BCUT2D eigenvalue weighted by atomic mass is 10.1. The van der Waals surface area contributed by atoms with Crippen molar-refractivity contribution in [2.75, 3.05) is 6.54 Å². The Morgan fingerprint density at radius 3 is 2.62 bits per heavy atom. The van der Waals surface area contributed by atoms with Gasteiger partial charge in [-0.05, 0) is 37.1 Å². The first-order valence-electron chi connectivity index (χ1n) is 8.93. The van der Waals surface area contributed by atoms with Gasteiger partial charge in [0.15, 0.2) is 0 Å². The monoisotopic (exact) mass is 348 g/mol. The van der Waals surface area contributed by atoms with Crippen molar-refractivity contribution in [1.82, 2.24) is 20.1 Å². The largest absolute Gasteiger partial charge is 0.418 e. The molecule has 3 heterocycles. The van der Waals surface area contributed by atoms with Crippen LogP contribution in [-0.2, 0) is 0 Å². The smallest absolute Gasteiger partial charge is 0.254 e. The molecule has 1 saturated heterocycles. The Kier molecular flexibility index (Phi) is 4.73. The van der Waals surface area contributed by atoms with Crippen LogP contribution in [0.4, 0.5) is 0 Å². The average molecular weight is 348 g/mol. The number of rotatable bonds is 3. The first kappa shape index (κ1) is 16.4. The van der Waals surface area contributed by atoms with Gasteiger partial charge in [0.2, 0.25) is 11.8 Å². The third kappa shape index (κ3) is 3.35. The number of carbonyl (C=O) groups is 1. The summed E-state index contributed by atoms with van der Waals surface area (Å²) in [4.78, 5) is 18.9. The number of benzene rings is 1. The highest BCUT2D eigenvalue weighted by molar-refractivity contribution is 5.94. The Bertz CT molecular complexity index is 864. The maximum Gasteiger partial charge on any atom is 0.254 e. The normalized spacial score (nSPS) is 17.7. The fourth-order valence-electron chi connectivity index (χ4n) is 3.34. The summed E-state index contributed by atoms with van der Waals surface area (Å²) in [6, 6.07) is 13.0. The Morgan fingerprint density at radius 2 is 1.81 bits per heavy atom. The average Bonchev–Trinajstić information content (AvgIpc) is 3.07. The maximum atomic E-state index is 13.0. The van der Waals surface area contributed by atoms with Gasteiger partial charge in [-0.2, -0.15) is 0 Å². The summed E-state index contributed by atoms with van der Waals surface area (Å²) < 4.78 is 5.95. The SMILES string of the molecule is O=C(c1ccncc1)N1CCCCCC1c1nnc(-c2ccccc2)o1. The molecule has 0 N–H and O–H groups in total. The number of pyridine rings is 1. The van der Waals surface area contributed by atoms with Crippen LogP contribution in [0.25, 0.3) is 11.5 Å². The molecule has 132 valence electrons. The molecular weight excluding hydrogens is 328 g/mol. The minimum absolute atomic E-state index is 0.0150. The standard InChI is InChI=1S/C20H20N4O2/c25-20(16-10-12-21-13-11-16)24-14-6-2-5-9-17(24)19-23-22-18(26-19)15-7-3-1-4-8-15/h1,3-4,7-8,10-13,17H,2,5-6,9,14H2. The number of hydrogen-bond donors (Lipinski definition) is 0.